The minimum absolute atomic E-state index is 0.353. The molecule has 0 amide bonds. The number of ether oxygens (including phenoxy) is 2. The molecule has 0 aliphatic heterocycles. The fourth-order valence-corrected chi connectivity index (χ4v) is 4.19. The monoisotopic (exact) mass is 359 g/mol. The second-order valence-corrected chi connectivity index (χ2v) is 8.21. The summed E-state index contributed by atoms with van der Waals surface area (Å²) in [6.07, 6.45) is 11.5. The average Bonchev–Trinajstić information content (AvgIpc) is 2.63. The maximum atomic E-state index is 6.08. The Bertz CT molecular complexity index is 541. The number of unbranched alkanes of at least 4 members (excludes halogenated alkanes) is 1. The van der Waals surface area contributed by atoms with E-state index in [0.29, 0.717) is 12.0 Å². The van der Waals surface area contributed by atoms with Gasteiger partial charge >= 0.3 is 0 Å². The van der Waals surface area contributed by atoms with E-state index in [-0.39, 0.29) is 0 Å². The van der Waals surface area contributed by atoms with Crippen LogP contribution in [0.1, 0.15) is 74.5 Å². The lowest BCUT2D eigenvalue weighted by Gasteiger charge is -2.27. The van der Waals surface area contributed by atoms with Gasteiger partial charge in [0, 0.05) is 6.61 Å². The van der Waals surface area contributed by atoms with Gasteiger partial charge in [0.25, 0.3) is 0 Å². The van der Waals surface area contributed by atoms with Gasteiger partial charge in [0.05, 0.1) is 19.3 Å². The molecule has 0 radical (unpaired) electrons. The highest BCUT2D eigenvalue weighted by Crippen LogP contribution is 2.29. The molecule has 0 aromatic heterocycles. The van der Waals surface area contributed by atoms with E-state index in [1.54, 1.807) is 0 Å². The Labute approximate surface area is 159 Å². The van der Waals surface area contributed by atoms with Gasteiger partial charge in [-0.1, -0.05) is 44.4 Å². The van der Waals surface area contributed by atoms with Gasteiger partial charge in [-0.2, -0.15) is 0 Å². The molecule has 1 aromatic rings. The predicted octanol–water partition coefficient (Wildman–Crippen LogP) is 4.61. The van der Waals surface area contributed by atoms with Gasteiger partial charge in [-0.05, 0) is 73.6 Å². The zero-order valence-electron chi connectivity index (χ0n) is 16.6. The van der Waals surface area contributed by atoms with Crippen molar-refractivity contribution in [1.82, 2.24) is 0 Å². The normalized spacial score (nSPS) is 21.2. The van der Waals surface area contributed by atoms with E-state index < -0.39 is 0 Å². The first kappa shape index (κ1) is 19.9. The highest BCUT2D eigenvalue weighted by atomic mass is 16.5. The third kappa shape index (κ3) is 5.55. The Morgan fingerprint density at radius 3 is 2.77 bits per heavy atom. The smallest absolute Gasteiger partial charge is 0.0704 e. The summed E-state index contributed by atoms with van der Waals surface area (Å²) in [5.74, 6) is 1.34. The van der Waals surface area contributed by atoms with Crippen molar-refractivity contribution in [3.8, 4) is 0 Å². The van der Waals surface area contributed by atoms with Gasteiger partial charge in [-0.3, -0.25) is 0 Å². The van der Waals surface area contributed by atoms with Crippen molar-refractivity contribution in [2.45, 2.75) is 76.7 Å². The Balaban J connectivity index is 1.43. The summed E-state index contributed by atoms with van der Waals surface area (Å²) in [5.41, 5.74) is 10.4. The van der Waals surface area contributed by atoms with Gasteiger partial charge in [0.15, 0.2) is 0 Å². The first-order valence-electron chi connectivity index (χ1n) is 10.8. The van der Waals surface area contributed by atoms with Crippen LogP contribution in [-0.4, -0.2) is 32.5 Å². The summed E-state index contributed by atoms with van der Waals surface area (Å²) in [5, 5.41) is 0. The van der Waals surface area contributed by atoms with Crippen LogP contribution in [0.2, 0.25) is 0 Å². The Kier molecular flexibility index (Phi) is 7.97. The molecule has 3 heteroatoms. The van der Waals surface area contributed by atoms with E-state index in [4.69, 9.17) is 15.2 Å². The quantitative estimate of drug-likeness (QED) is 0.587. The van der Waals surface area contributed by atoms with Gasteiger partial charge in [-0.25, -0.2) is 0 Å². The molecule has 1 fully saturated rings. The SMILES string of the molecule is CCCCC(CN)c1ccc2c(c1)CC[C@H](OCCOCC1CCC1)C2. The third-order valence-electron chi connectivity index (χ3n) is 6.24. The molecular formula is C23H37NO2. The summed E-state index contributed by atoms with van der Waals surface area (Å²) in [6.45, 7) is 5.41. The van der Waals surface area contributed by atoms with Crippen molar-refractivity contribution in [3.05, 3.63) is 34.9 Å². The molecular weight excluding hydrogens is 322 g/mol. The topological polar surface area (TPSA) is 44.5 Å². The highest BCUT2D eigenvalue weighted by molar-refractivity contribution is 5.36. The second kappa shape index (κ2) is 10.4. The van der Waals surface area contributed by atoms with Crippen molar-refractivity contribution in [1.29, 1.82) is 0 Å². The standard InChI is InChI=1S/C23H37NO2/c1-2-3-7-22(16-24)20-8-9-21-15-23(11-10-19(21)14-20)26-13-12-25-17-18-5-4-6-18/h8-9,14,18,22-23H,2-7,10-13,15-17,24H2,1H3/t22?,23-/m0/s1. The van der Waals surface area contributed by atoms with Crippen LogP contribution in [0.25, 0.3) is 0 Å². The summed E-state index contributed by atoms with van der Waals surface area (Å²) in [6, 6.07) is 7.04. The molecule has 2 N–H and O–H groups in total. The molecule has 0 heterocycles. The van der Waals surface area contributed by atoms with Crippen molar-refractivity contribution in [3.63, 3.8) is 0 Å². The molecule has 3 nitrogen and oxygen atoms in total. The van der Waals surface area contributed by atoms with Crippen LogP contribution < -0.4 is 5.73 Å². The Hall–Kier alpha value is -0.900. The van der Waals surface area contributed by atoms with Gasteiger partial charge < -0.3 is 15.2 Å². The van der Waals surface area contributed by atoms with Crippen molar-refractivity contribution < 1.29 is 9.47 Å². The number of hydrogen-bond acceptors (Lipinski definition) is 3. The summed E-state index contributed by atoms with van der Waals surface area (Å²) < 4.78 is 11.8. The Morgan fingerprint density at radius 2 is 2.04 bits per heavy atom. The fraction of sp³-hybridized carbons (Fsp3) is 0.739. The van der Waals surface area contributed by atoms with Crippen LogP contribution in [-0.2, 0) is 22.3 Å². The molecule has 1 unspecified atom stereocenters. The lowest BCUT2D eigenvalue weighted by Crippen LogP contribution is -2.25. The van der Waals surface area contributed by atoms with E-state index in [2.05, 4.69) is 25.1 Å². The number of hydrogen-bond donors (Lipinski definition) is 1. The molecule has 0 bridgehead atoms. The maximum Gasteiger partial charge on any atom is 0.0704 e. The number of benzene rings is 1. The lowest BCUT2D eigenvalue weighted by atomic mass is 9.85. The minimum atomic E-state index is 0.353. The first-order chi connectivity index (χ1) is 12.8. The predicted molar refractivity (Wildman–Crippen MR) is 108 cm³/mol. The molecule has 1 saturated carbocycles. The minimum Gasteiger partial charge on any atom is -0.379 e. The lowest BCUT2D eigenvalue weighted by molar-refractivity contribution is -0.0139. The van der Waals surface area contributed by atoms with Gasteiger partial charge in [-0.15, -0.1) is 0 Å². The third-order valence-corrected chi connectivity index (χ3v) is 6.24. The summed E-state index contributed by atoms with van der Waals surface area (Å²) >= 11 is 0. The van der Waals surface area contributed by atoms with E-state index in [9.17, 15) is 0 Å². The second-order valence-electron chi connectivity index (χ2n) is 8.21. The van der Waals surface area contributed by atoms with E-state index in [1.165, 1.54) is 55.2 Å². The Morgan fingerprint density at radius 1 is 1.15 bits per heavy atom. The maximum absolute atomic E-state index is 6.08. The number of nitrogens with two attached hydrogens (primary N) is 1. The van der Waals surface area contributed by atoms with Crippen molar-refractivity contribution >= 4 is 0 Å². The molecule has 2 aliphatic carbocycles. The fourth-order valence-electron chi connectivity index (χ4n) is 4.19. The van der Waals surface area contributed by atoms with Gasteiger partial charge in [0.1, 0.15) is 0 Å². The molecule has 0 spiro atoms. The average molecular weight is 360 g/mol. The largest absolute Gasteiger partial charge is 0.379 e. The van der Waals surface area contributed by atoms with Crippen LogP contribution in [0.5, 0.6) is 0 Å². The molecule has 0 saturated heterocycles. The summed E-state index contributed by atoms with van der Waals surface area (Å²) in [4.78, 5) is 0. The van der Waals surface area contributed by atoms with Crippen molar-refractivity contribution in [2.75, 3.05) is 26.4 Å². The summed E-state index contributed by atoms with van der Waals surface area (Å²) in [7, 11) is 0. The molecule has 146 valence electrons. The van der Waals surface area contributed by atoms with E-state index in [1.807, 2.05) is 0 Å². The zero-order valence-corrected chi connectivity index (χ0v) is 16.6. The van der Waals surface area contributed by atoms with Crippen molar-refractivity contribution in [2.24, 2.45) is 11.7 Å². The molecule has 26 heavy (non-hydrogen) atoms. The van der Waals surface area contributed by atoms with Crippen LogP contribution in [0.4, 0.5) is 0 Å². The van der Waals surface area contributed by atoms with Crippen LogP contribution in [0, 0.1) is 5.92 Å². The number of aryl methyl sites for hydroxylation is 1. The van der Waals surface area contributed by atoms with Gasteiger partial charge in [0.2, 0.25) is 0 Å². The number of fused-ring (bicyclic) bond motifs is 1. The molecule has 2 aliphatic rings. The molecule has 1 aromatic carbocycles. The first-order valence-corrected chi connectivity index (χ1v) is 10.8. The van der Waals surface area contributed by atoms with E-state index in [0.717, 1.165) is 51.5 Å². The number of rotatable bonds is 11. The highest BCUT2D eigenvalue weighted by Gasteiger charge is 2.21. The molecule has 2 atom stereocenters. The van der Waals surface area contributed by atoms with E-state index >= 15 is 0 Å². The zero-order chi connectivity index (χ0) is 18.2. The van der Waals surface area contributed by atoms with Crippen LogP contribution >= 0.6 is 0 Å². The molecule has 3 rings (SSSR count). The van der Waals surface area contributed by atoms with Crippen LogP contribution in [0.15, 0.2) is 18.2 Å². The van der Waals surface area contributed by atoms with Crippen LogP contribution in [0.3, 0.4) is 0 Å².